The van der Waals surface area contributed by atoms with Crippen LogP contribution in [0.5, 0.6) is 0 Å². The molecule has 0 spiro atoms. The van der Waals surface area contributed by atoms with Crippen LogP contribution in [0.1, 0.15) is 34.5 Å². The summed E-state index contributed by atoms with van der Waals surface area (Å²) in [4.78, 5) is 25.9. The summed E-state index contributed by atoms with van der Waals surface area (Å²) >= 11 is 1.59. The third kappa shape index (κ3) is 5.50. The van der Waals surface area contributed by atoms with E-state index in [2.05, 4.69) is 20.1 Å². The first-order chi connectivity index (χ1) is 16.5. The number of hydrogen-bond acceptors (Lipinski definition) is 6. The molecule has 176 valence electrons. The third-order valence-corrected chi connectivity index (χ3v) is 7.03. The van der Waals surface area contributed by atoms with Gasteiger partial charge in [0.05, 0.1) is 5.69 Å². The summed E-state index contributed by atoms with van der Waals surface area (Å²) in [5.74, 6) is 1.47. The first kappa shape index (κ1) is 22.7. The molecule has 0 unspecified atom stereocenters. The van der Waals surface area contributed by atoms with Gasteiger partial charge in [0.15, 0.2) is 5.16 Å². The van der Waals surface area contributed by atoms with Crippen LogP contribution in [0.2, 0.25) is 0 Å². The highest BCUT2D eigenvalue weighted by Gasteiger charge is 2.24. The molecule has 2 aromatic carbocycles. The number of carbonyl (C=O) groups excluding carboxylic acids is 1. The Balaban J connectivity index is 1.19. The van der Waals surface area contributed by atoms with Crippen LogP contribution in [0.15, 0.2) is 59.8 Å². The maximum Gasteiger partial charge on any atom is 0.251 e. The lowest BCUT2D eigenvalue weighted by atomic mass is 10.1. The highest BCUT2D eigenvalue weighted by Crippen LogP contribution is 2.26. The van der Waals surface area contributed by atoms with E-state index < -0.39 is 0 Å². The van der Waals surface area contributed by atoms with E-state index >= 15 is 0 Å². The summed E-state index contributed by atoms with van der Waals surface area (Å²) in [7, 11) is 0. The minimum Gasteiger partial charge on any atom is -0.366 e. The van der Waals surface area contributed by atoms with Crippen molar-refractivity contribution >= 4 is 29.2 Å². The second-order valence-corrected chi connectivity index (χ2v) is 9.75. The van der Waals surface area contributed by atoms with Gasteiger partial charge in [0, 0.05) is 55.3 Å². The molecule has 5 rings (SSSR count). The van der Waals surface area contributed by atoms with Crippen molar-refractivity contribution in [2.45, 2.75) is 36.7 Å². The zero-order valence-corrected chi connectivity index (χ0v) is 20.0. The zero-order chi connectivity index (χ0) is 23.5. The molecule has 0 atom stereocenters. The molecule has 0 bridgehead atoms. The minimum absolute atomic E-state index is 0.00321. The van der Waals surface area contributed by atoms with Crippen LogP contribution >= 0.6 is 11.8 Å². The number of amides is 1. The first-order valence-electron chi connectivity index (χ1n) is 11.7. The number of para-hydroxylation sites is 1. The van der Waals surface area contributed by atoms with E-state index in [9.17, 15) is 9.18 Å². The van der Waals surface area contributed by atoms with Gasteiger partial charge in [-0.2, -0.15) is 0 Å². The van der Waals surface area contributed by atoms with Gasteiger partial charge in [-0.3, -0.25) is 4.79 Å². The van der Waals surface area contributed by atoms with Gasteiger partial charge in [-0.1, -0.05) is 36.0 Å². The van der Waals surface area contributed by atoms with Crippen molar-refractivity contribution in [1.82, 2.24) is 15.3 Å². The molecule has 3 aromatic rings. The molecule has 1 saturated carbocycles. The van der Waals surface area contributed by atoms with Crippen LogP contribution in [0, 0.1) is 12.7 Å². The Kier molecular flexibility index (Phi) is 6.67. The number of aromatic nitrogens is 2. The summed E-state index contributed by atoms with van der Waals surface area (Å²) < 4.78 is 14.1. The molecule has 1 saturated heterocycles. The Morgan fingerprint density at radius 3 is 2.44 bits per heavy atom. The number of rotatable bonds is 7. The van der Waals surface area contributed by atoms with Crippen LogP contribution in [0.25, 0.3) is 0 Å². The molecule has 34 heavy (non-hydrogen) atoms. The van der Waals surface area contributed by atoms with Crippen LogP contribution in [0.4, 0.5) is 15.9 Å². The highest BCUT2D eigenvalue weighted by atomic mass is 32.2. The van der Waals surface area contributed by atoms with Gasteiger partial charge in [-0.05, 0) is 49.6 Å². The van der Waals surface area contributed by atoms with E-state index in [4.69, 9.17) is 4.98 Å². The summed E-state index contributed by atoms with van der Waals surface area (Å²) in [6.45, 7) is 5.02. The molecular weight excluding hydrogens is 449 g/mol. The Hall–Kier alpha value is -3.13. The summed E-state index contributed by atoms with van der Waals surface area (Å²) in [6.07, 6.45) is 2.17. The maximum atomic E-state index is 14.1. The number of piperazine rings is 1. The van der Waals surface area contributed by atoms with Crippen molar-refractivity contribution < 1.29 is 9.18 Å². The number of hydrogen-bond donors (Lipinski definition) is 1. The van der Waals surface area contributed by atoms with E-state index in [1.807, 2.05) is 49.4 Å². The second-order valence-electron chi connectivity index (χ2n) is 8.81. The van der Waals surface area contributed by atoms with Gasteiger partial charge in [0.25, 0.3) is 5.91 Å². The largest absolute Gasteiger partial charge is 0.366 e. The molecule has 1 amide bonds. The number of anilines is 2. The van der Waals surface area contributed by atoms with Crippen LogP contribution in [-0.4, -0.2) is 48.1 Å². The van der Waals surface area contributed by atoms with Crippen molar-refractivity contribution in [2.24, 2.45) is 0 Å². The van der Waals surface area contributed by atoms with Crippen LogP contribution in [0.3, 0.4) is 0 Å². The van der Waals surface area contributed by atoms with Crippen molar-refractivity contribution in [1.29, 1.82) is 0 Å². The Morgan fingerprint density at radius 1 is 1.03 bits per heavy atom. The average molecular weight is 478 g/mol. The third-order valence-electron chi connectivity index (χ3n) is 6.11. The van der Waals surface area contributed by atoms with Gasteiger partial charge >= 0.3 is 0 Å². The monoisotopic (exact) mass is 477 g/mol. The number of halogens is 1. The van der Waals surface area contributed by atoms with Crippen molar-refractivity contribution in [3.8, 4) is 0 Å². The quantitative estimate of drug-likeness (QED) is 0.401. The van der Waals surface area contributed by atoms with Crippen LogP contribution < -0.4 is 15.1 Å². The molecule has 1 aliphatic carbocycles. The normalized spacial score (nSPS) is 15.9. The maximum absolute atomic E-state index is 14.1. The number of carbonyl (C=O) groups is 1. The highest BCUT2D eigenvalue weighted by molar-refractivity contribution is 7.98. The first-order valence-corrected chi connectivity index (χ1v) is 12.7. The van der Waals surface area contributed by atoms with E-state index in [0.717, 1.165) is 67.0 Å². The van der Waals surface area contributed by atoms with Gasteiger partial charge in [0.2, 0.25) is 0 Å². The van der Waals surface area contributed by atoms with Crippen molar-refractivity contribution in [3.63, 3.8) is 0 Å². The van der Waals surface area contributed by atoms with Gasteiger partial charge < -0.3 is 15.1 Å². The standard InChI is InChI=1S/C26H28FN5OS/c1-18-16-24(32-14-12-31(13-15-32)23-5-3-2-4-22(23)27)30-26(28-18)34-17-19-6-8-20(9-7-19)25(33)29-21-10-11-21/h2-9,16,21H,10-15,17H2,1H3,(H,29,33). The molecule has 6 nitrogen and oxygen atoms in total. The van der Waals surface area contributed by atoms with Crippen LogP contribution in [-0.2, 0) is 5.75 Å². The number of thioether (sulfide) groups is 1. The molecule has 8 heteroatoms. The lowest BCUT2D eigenvalue weighted by Gasteiger charge is -2.37. The predicted octanol–water partition coefficient (Wildman–Crippen LogP) is 4.44. The fourth-order valence-corrected chi connectivity index (χ4v) is 4.89. The fourth-order valence-electron chi connectivity index (χ4n) is 4.03. The summed E-state index contributed by atoms with van der Waals surface area (Å²) in [5.41, 5.74) is 3.41. The summed E-state index contributed by atoms with van der Waals surface area (Å²) in [6, 6.07) is 17.1. The van der Waals surface area contributed by atoms with E-state index in [0.29, 0.717) is 17.3 Å². The minimum atomic E-state index is -0.177. The summed E-state index contributed by atoms with van der Waals surface area (Å²) in [5, 5.41) is 3.75. The topological polar surface area (TPSA) is 61.4 Å². The smallest absolute Gasteiger partial charge is 0.251 e. The molecule has 1 aromatic heterocycles. The van der Waals surface area contributed by atoms with Crippen molar-refractivity contribution in [2.75, 3.05) is 36.0 Å². The number of benzene rings is 2. The molecule has 2 heterocycles. The molecule has 2 fully saturated rings. The zero-order valence-electron chi connectivity index (χ0n) is 19.2. The Labute approximate surface area is 203 Å². The number of nitrogens with zero attached hydrogens (tertiary/aromatic N) is 4. The van der Waals surface area contributed by atoms with E-state index in [1.165, 1.54) is 6.07 Å². The lowest BCUT2D eigenvalue weighted by Crippen LogP contribution is -2.47. The molecular formula is C26H28FN5OS. The molecule has 2 aliphatic rings. The Morgan fingerprint density at radius 2 is 1.74 bits per heavy atom. The van der Waals surface area contributed by atoms with E-state index in [1.54, 1.807) is 17.8 Å². The van der Waals surface area contributed by atoms with Gasteiger partial charge in [-0.15, -0.1) is 0 Å². The fraction of sp³-hybridized carbons (Fsp3) is 0.346. The number of nitrogens with one attached hydrogen (secondary N) is 1. The van der Waals surface area contributed by atoms with E-state index in [-0.39, 0.29) is 11.7 Å². The van der Waals surface area contributed by atoms with Gasteiger partial charge in [0.1, 0.15) is 11.6 Å². The van der Waals surface area contributed by atoms with Crippen molar-refractivity contribution in [3.05, 3.63) is 77.2 Å². The van der Waals surface area contributed by atoms with Gasteiger partial charge in [-0.25, -0.2) is 14.4 Å². The molecule has 1 aliphatic heterocycles. The predicted molar refractivity (Wildman–Crippen MR) is 134 cm³/mol. The second kappa shape index (κ2) is 10.0. The molecule has 0 radical (unpaired) electrons. The number of aryl methyl sites for hydroxylation is 1. The SMILES string of the molecule is Cc1cc(N2CCN(c3ccccc3F)CC2)nc(SCc2ccc(C(=O)NC3CC3)cc2)n1. The Bertz CT molecular complexity index is 1160. The molecule has 1 N–H and O–H groups in total. The average Bonchev–Trinajstić information content (AvgIpc) is 3.67. The lowest BCUT2D eigenvalue weighted by molar-refractivity contribution is 0.0951.